The quantitative estimate of drug-likeness (QED) is 0.663. The van der Waals surface area contributed by atoms with Gasteiger partial charge in [0, 0.05) is 13.0 Å². The first kappa shape index (κ1) is 14.5. The molecule has 0 saturated carbocycles. The Hall–Kier alpha value is -3.43. The van der Waals surface area contributed by atoms with Gasteiger partial charge in [0.1, 0.15) is 11.5 Å². The molecule has 0 unspecified atom stereocenters. The summed E-state index contributed by atoms with van der Waals surface area (Å²) in [5, 5.41) is 18.4. The van der Waals surface area contributed by atoms with Gasteiger partial charge in [0.05, 0.1) is 0 Å². The van der Waals surface area contributed by atoms with Crippen LogP contribution in [0.25, 0.3) is 11.5 Å². The molecule has 0 aliphatic heterocycles. The predicted octanol–water partition coefficient (Wildman–Crippen LogP) is 1.57. The van der Waals surface area contributed by atoms with Gasteiger partial charge in [0.2, 0.25) is 17.5 Å². The number of hydrogen-bond donors (Lipinski definition) is 3. The molecule has 3 rings (SSSR count). The number of aryl methyl sites for hydroxylation is 1. The molecule has 2 amide bonds. The van der Waals surface area contributed by atoms with Gasteiger partial charge in [-0.05, 0) is 29.4 Å². The number of furan rings is 1. The third-order valence-electron chi connectivity index (χ3n) is 2.83. The molecule has 0 spiro atoms. The number of nitrogens with one attached hydrogen (secondary N) is 3. The number of hydrogen-bond acceptors (Lipinski definition) is 7. The third-order valence-corrected chi connectivity index (χ3v) is 2.83. The van der Waals surface area contributed by atoms with Crippen molar-refractivity contribution >= 4 is 23.5 Å². The van der Waals surface area contributed by atoms with Crippen molar-refractivity contribution in [3.05, 3.63) is 29.7 Å². The van der Waals surface area contributed by atoms with Crippen LogP contribution in [0.1, 0.15) is 23.2 Å². The second-order valence-corrected chi connectivity index (χ2v) is 4.67. The average molecular weight is 316 g/mol. The maximum atomic E-state index is 12.2. The molecule has 0 radical (unpaired) electrons. The number of rotatable bonds is 4. The molecule has 0 aliphatic carbocycles. The van der Waals surface area contributed by atoms with E-state index in [0.29, 0.717) is 11.5 Å². The first-order valence-electron chi connectivity index (χ1n) is 6.56. The zero-order chi connectivity index (χ0) is 16.4. The van der Waals surface area contributed by atoms with Crippen molar-refractivity contribution in [1.29, 1.82) is 0 Å². The minimum atomic E-state index is -0.543. The highest BCUT2D eigenvalue weighted by Gasteiger charge is 2.18. The molecule has 0 bridgehead atoms. The van der Waals surface area contributed by atoms with Crippen LogP contribution in [0.15, 0.2) is 27.2 Å². The lowest BCUT2D eigenvalue weighted by Gasteiger charge is -2.00. The Morgan fingerprint density at radius 2 is 1.91 bits per heavy atom. The highest BCUT2D eigenvalue weighted by molar-refractivity contribution is 6.05. The zero-order valence-electron chi connectivity index (χ0n) is 12.2. The molecule has 0 aliphatic rings. The molecule has 3 heterocycles. The fourth-order valence-electron chi connectivity index (χ4n) is 1.83. The largest absolute Gasteiger partial charge is 0.460 e. The molecule has 3 aromatic heterocycles. The van der Waals surface area contributed by atoms with Crippen LogP contribution in [0.2, 0.25) is 0 Å². The molecular formula is C13H12N6O4. The van der Waals surface area contributed by atoms with Gasteiger partial charge in [-0.2, -0.15) is 5.10 Å². The number of aromatic nitrogens is 4. The van der Waals surface area contributed by atoms with Crippen LogP contribution in [-0.4, -0.2) is 32.3 Å². The summed E-state index contributed by atoms with van der Waals surface area (Å²) >= 11 is 0. The molecule has 118 valence electrons. The average Bonchev–Trinajstić information content (AvgIpc) is 3.19. The fourth-order valence-corrected chi connectivity index (χ4v) is 1.83. The number of anilines is 2. The van der Waals surface area contributed by atoms with E-state index >= 15 is 0 Å². The Bertz CT molecular complexity index is 861. The van der Waals surface area contributed by atoms with E-state index < -0.39 is 5.91 Å². The summed E-state index contributed by atoms with van der Waals surface area (Å²) < 4.78 is 9.93. The van der Waals surface area contributed by atoms with E-state index in [1.807, 2.05) is 6.92 Å². The van der Waals surface area contributed by atoms with Gasteiger partial charge in [0.15, 0.2) is 11.5 Å². The van der Waals surface area contributed by atoms with Crippen LogP contribution >= 0.6 is 0 Å². The number of nitrogens with zero attached hydrogens (tertiary/aromatic N) is 3. The molecular weight excluding hydrogens is 304 g/mol. The van der Waals surface area contributed by atoms with Crippen LogP contribution in [0.5, 0.6) is 0 Å². The number of carbonyl (C=O) groups excluding carboxylic acids is 2. The van der Waals surface area contributed by atoms with E-state index in [-0.39, 0.29) is 23.2 Å². The lowest BCUT2D eigenvalue weighted by atomic mass is 10.3. The zero-order valence-corrected chi connectivity index (χ0v) is 12.2. The molecule has 10 nitrogen and oxygen atoms in total. The van der Waals surface area contributed by atoms with Gasteiger partial charge in [-0.15, -0.1) is 0 Å². The maximum Gasteiger partial charge on any atom is 0.277 e. The third kappa shape index (κ3) is 3.10. The molecule has 0 atom stereocenters. The van der Waals surface area contributed by atoms with E-state index in [4.69, 9.17) is 4.42 Å². The number of aromatic amines is 1. The predicted molar refractivity (Wildman–Crippen MR) is 77.6 cm³/mol. The summed E-state index contributed by atoms with van der Waals surface area (Å²) in [5.41, 5.74) is 0.675. The first-order chi connectivity index (χ1) is 11.0. The lowest BCUT2D eigenvalue weighted by Crippen LogP contribution is -2.15. The summed E-state index contributed by atoms with van der Waals surface area (Å²) in [6, 6.07) is 5.09. The van der Waals surface area contributed by atoms with Gasteiger partial charge in [-0.1, -0.05) is 0 Å². The Labute approximate surface area is 129 Å². The molecule has 0 aromatic carbocycles. The molecule has 3 aromatic rings. The Balaban J connectivity index is 1.75. The van der Waals surface area contributed by atoms with Gasteiger partial charge in [-0.3, -0.25) is 20.0 Å². The van der Waals surface area contributed by atoms with E-state index in [1.165, 1.54) is 13.0 Å². The smallest absolute Gasteiger partial charge is 0.277 e. The lowest BCUT2D eigenvalue weighted by molar-refractivity contribution is -0.114. The highest BCUT2D eigenvalue weighted by atomic mass is 16.6. The normalized spacial score (nSPS) is 10.5. The Kier molecular flexibility index (Phi) is 3.63. The Morgan fingerprint density at radius 1 is 1.17 bits per heavy atom. The fraction of sp³-hybridized carbons (Fsp3) is 0.154. The topological polar surface area (TPSA) is 139 Å². The summed E-state index contributed by atoms with van der Waals surface area (Å²) in [5.74, 6) is 0.404. The molecule has 10 heteroatoms. The van der Waals surface area contributed by atoms with Crippen molar-refractivity contribution in [2.45, 2.75) is 13.8 Å². The van der Waals surface area contributed by atoms with E-state index in [9.17, 15) is 9.59 Å². The molecule has 0 saturated heterocycles. The summed E-state index contributed by atoms with van der Waals surface area (Å²) in [6.45, 7) is 3.11. The Morgan fingerprint density at radius 3 is 2.57 bits per heavy atom. The highest BCUT2D eigenvalue weighted by Crippen LogP contribution is 2.21. The van der Waals surface area contributed by atoms with E-state index in [2.05, 4.69) is 35.8 Å². The van der Waals surface area contributed by atoms with Crippen molar-refractivity contribution in [2.24, 2.45) is 0 Å². The van der Waals surface area contributed by atoms with Crippen molar-refractivity contribution in [3.8, 4) is 11.5 Å². The standard InChI is InChI=1S/C13H12N6O4/c1-6-3-4-10(22-6)8-5-9(17-16-8)13(21)15-12-11(14-7(2)20)18-23-19-12/h3-5H,1-2H3,(H,16,17)(H,14,18,20)(H,15,19,21). The van der Waals surface area contributed by atoms with Gasteiger partial charge in [0.25, 0.3) is 5.91 Å². The van der Waals surface area contributed by atoms with Crippen LogP contribution in [0.3, 0.4) is 0 Å². The second-order valence-electron chi connectivity index (χ2n) is 4.67. The monoisotopic (exact) mass is 316 g/mol. The number of amides is 2. The van der Waals surface area contributed by atoms with E-state index in [0.717, 1.165) is 5.76 Å². The maximum absolute atomic E-state index is 12.2. The summed E-state index contributed by atoms with van der Waals surface area (Å²) in [7, 11) is 0. The van der Waals surface area contributed by atoms with Gasteiger partial charge >= 0.3 is 0 Å². The number of carbonyl (C=O) groups is 2. The second kappa shape index (κ2) is 5.75. The molecule has 23 heavy (non-hydrogen) atoms. The van der Waals surface area contributed by atoms with Crippen molar-refractivity contribution in [2.75, 3.05) is 10.6 Å². The SMILES string of the molecule is CC(=O)Nc1nonc1NC(=O)c1cc(-c2ccc(C)o2)[nH]n1. The molecule has 3 N–H and O–H groups in total. The number of H-pyrrole nitrogens is 1. The van der Waals surface area contributed by atoms with Crippen LogP contribution in [-0.2, 0) is 4.79 Å². The minimum Gasteiger partial charge on any atom is -0.460 e. The van der Waals surface area contributed by atoms with Crippen molar-refractivity contribution < 1.29 is 18.6 Å². The summed E-state index contributed by atoms with van der Waals surface area (Å²) in [4.78, 5) is 23.2. The van der Waals surface area contributed by atoms with Crippen LogP contribution in [0.4, 0.5) is 11.6 Å². The van der Waals surface area contributed by atoms with Crippen molar-refractivity contribution in [3.63, 3.8) is 0 Å². The van der Waals surface area contributed by atoms with Crippen molar-refractivity contribution in [1.82, 2.24) is 20.5 Å². The van der Waals surface area contributed by atoms with Gasteiger partial charge < -0.3 is 9.73 Å². The first-order valence-corrected chi connectivity index (χ1v) is 6.56. The van der Waals surface area contributed by atoms with Crippen LogP contribution in [0, 0.1) is 6.92 Å². The van der Waals surface area contributed by atoms with Crippen LogP contribution < -0.4 is 10.6 Å². The summed E-state index contributed by atoms with van der Waals surface area (Å²) in [6.07, 6.45) is 0. The van der Waals surface area contributed by atoms with E-state index in [1.54, 1.807) is 12.1 Å². The minimum absolute atomic E-state index is 0.0106. The van der Waals surface area contributed by atoms with Gasteiger partial charge in [-0.25, -0.2) is 4.63 Å². The molecule has 0 fully saturated rings.